The van der Waals surface area contributed by atoms with Crippen LogP contribution in [-0.2, 0) is 9.59 Å². The van der Waals surface area contributed by atoms with Crippen molar-refractivity contribution in [3.05, 3.63) is 48.0 Å². The van der Waals surface area contributed by atoms with Crippen molar-refractivity contribution in [2.45, 2.75) is 51.2 Å². The summed E-state index contributed by atoms with van der Waals surface area (Å²) in [4.78, 5) is 30.6. The summed E-state index contributed by atoms with van der Waals surface area (Å²) in [6.45, 7) is 7.48. The summed E-state index contributed by atoms with van der Waals surface area (Å²) in [7, 11) is 0. The number of fused-ring (bicyclic) bond motifs is 2. The number of carbonyl (C=O) groups excluding carboxylic acids is 2. The van der Waals surface area contributed by atoms with Crippen molar-refractivity contribution < 1.29 is 19.1 Å². The van der Waals surface area contributed by atoms with Gasteiger partial charge in [0.25, 0.3) is 0 Å². The van der Waals surface area contributed by atoms with E-state index in [1.54, 1.807) is 18.7 Å². The second kappa shape index (κ2) is 7.81. The molecule has 5 rings (SSSR count). The number of likely N-dealkylation sites (tertiary alicyclic amines) is 1. The summed E-state index contributed by atoms with van der Waals surface area (Å²) in [5.41, 5.74) is 1.56. The maximum Gasteiger partial charge on any atom is 0.250 e. The van der Waals surface area contributed by atoms with Crippen LogP contribution in [0.1, 0.15) is 45.2 Å². The van der Waals surface area contributed by atoms with E-state index in [9.17, 15) is 9.59 Å². The molecule has 7 nitrogen and oxygen atoms in total. The van der Waals surface area contributed by atoms with Gasteiger partial charge in [0.1, 0.15) is 18.8 Å². The van der Waals surface area contributed by atoms with Gasteiger partial charge in [-0.25, -0.2) is 0 Å². The molecule has 0 spiro atoms. The Bertz CT molecular complexity index is 1070. The summed E-state index contributed by atoms with van der Waals surface area (Å²) >= 11 is 0. The number of ether oxygens (including phenoxy) is 2. The van der Waals surface area contributed by atoms with Gasteiger partial charge in [0.15, 0.2) is 11.5 Å². The van der Waals surface area contributed by atoms with E-state index in [4.69, 9.17) is 9.47 Å². The summed E-state index contributed by atoms with van der Waals surface area (Å²) in [6.07, 6.45) is 1.98. The van der Waals surface area contributed by atoms with Gasteiger partial charge in [-0.15, -0.1) is 0 Å². The lowest BCUT2D eigenvalue weighted by Crippen LogP contribution is -2.62. The molecule has 1 saturated heterocycles. The quantitative estimate of drug-likeness (QED) is 0.795. The fourth-order valence-corrected chi connectivity index (χ4v) is 5.05. The molecular weight excluding hydrogens is 406 g/mol. The second-order valence-corrected chi connectivity index (χ2v) is 9.18. The topological polar surface area (TPSA) is 71.1 Å². The maximum atomic E-state index is 13.9. The van der Waals surface area contributed by atoms with Gasteiger partial charge in [0, 0.05) is 6.04 Å². The average Bonchev–Trinajstić information content (AvgIpc) is 3.28. The predicted molar refractivity (Wildman–Crippen MR) is 122 cm³/mol. The van der Waals surface area contributed by atoms with Crippen molar-refractivity contribution in [3.8, 4) is 11.5 Å². The molecule has 168 valence electrons. The first-order valence-corrected chi connectivity index (χ1v) is 11.3. The Balaban J connectivity index is 1.45. The third kappa shape index (κ3) is 3.32. The van der Waals surface area contributed by atoms with Crippen LogP contribution in [0.3, 0.4) is 0 Å². The van der Waals surface area contributed by atoms with Crippen molar-refractivity contribution in [2.75, 3.05) is 30.0 Å². The monoisotopic (exact) mass is 435 g/mol. The number of carbonyl (C=O) groups is 2. The standard InChI is InChI=1S/C25H29N3O4/c1-16(23(29)28-20-8-5-4-7-18(20)26-24(30)25(28,2)3)27-12-6-9-19(27)17-10-11-21-22(15-17)32-14-13-31-21/h4-5,7-8,10-11,15-16,19H,6,9,12-14H2,1-3H3,(H,26,30)/t16-,19-/m1/s1. The van der Waals surface area contributed by atoms with Gasteiger partial charge in [0.2, 0.25) is 11.8 Å². The molecule has 2 aromatic carbocycles. The van der Waals surface area contributed by atoms with Gasteiger partial charge in [0.05, 0.1) is 17.4 Å². The van der Waals surface area contributed by atoms with E-state index in [1.165, 1.54) is 0 Å². The molecule has 32 heavy (non-hydrogen) atoms. The van der Waals surface area contributed by atoms with E-state index in [0.29, 0.717) is 18.9 Å². The lowest BCUT2D eigenvalue weighted by molar-refractivity contribution is -0.129. The SMILES string of the molecule is C[C@H](C(=O)N1c2ccccc2NC(=O)C1(C)C)N1CCC[C@@H]1c1ccc2c(c1)OCCO2. The lowest BCUT2D eigenvalue weighted by Gasteiger charge is -2.44. The van der Waals surface area contributed by atoms with Gasteiger partial charge < -0.3 is 14.8 Å². The fourth-order valence-electron chi connectivity index (χ4n) is 5.05. The third-order valence-corrected chi connectivity index (χ3v) is 6.83. The molecule has 2 atom stereocenters. The molecule has 2 amide bonds. The number of para-hydroxylation sites is 2. The van der Waals surface area contributed by atoms with Gasteiger partial charge in [-0.2, -0.15) is 0 Å². The number of anilines is 2. The molecule has 0 aromatic heterocycles. The third-order valence-electron chi connectivity index (χ3n) is 6.83. The molecule has 0 aliphatic carbocycles. The van der Waals surface area contributed by atoms with Gasteiger partial charge in [-0.05, 0) is 70.0 Å². The maximum absolute atomic E-state index is 13.9. The van der Waals surface area contributed by atoms with E-state index in [2.05, 4.69) is 16.3 Å². The summed E-state index contributed by atoms with van der Waals surface area (Å²) in [5, 5.41) is 2.93. The molecule has 0 radical (unpaired) electrons. The van der Waals surface area contributed by atoms with Crippen molar-refractivity contribution >= 4 is 23.2 Å². The first kappa shape index (κ1) is 20.8. The zero-order valence-corrected chi connectivity index (χ0v) is 18.8. The van der Waals surface area contributed by atoms with Crippen molar-refractivity contribution in [1.29, 1.82) is 0 Å². The Labute approximate surface area is 188 Å². The predicted octanol–water partition coefficient (Wildman–Crippen LogP) is 3.75. The van der Waals surface area contributed by atoms with Crippen LogP contribution >= 0.6 is 0 Å². The van der Waals surface area contributed by atoms with E-state index in [1.807, 2.05) is 43.3 Å². The smallest absolute Gasteiger partial charge is 0.250 e. The fraction of sp³-hybridized carbons (Fsp3) is 0.440. The minimum Gasteiger partial charge on any atom is -0.486 e. The zero-order chi connectivity index (χ0) is 22.5. The number of benzene rings is 2. The molecule has 3 aliphatic heterocycles. The largest absolute Gasteiger partial charge is 0.486 e. The molecule has 0 saturated carbocycles. The molecule has 1 fully saturated rings. The average molecular weight is 436 g/mol. The van der Waals surface area contributed by atoms with Crippen LogP contribution in [0.2, 0.25) is 0 Å². The van der Waals surface area contributed by atoms with E-state index < -0.39 is 5.54 Å². The lowest BCUT2D eigenvalue weighted by atomic mass is 9.94. The molecule has 1 N–H and O–H groups in total. The highest BCUT2D eigenvalue weighted by atomic mass is 16.6. The Morgan fingerprint density at radius 2 is 1.88 bits per heavy atom. The highest BCUT2D eigenvalue weighted by Gasteiger charge is 2.46. The molecule has 3 aliphatic rings. The minimum atomic E-state index is -0.980. The zero-order valence-electron chi connectivity index (χ0n) is 18.8. The Morgan fingerprint density at radius 1 is 1.12 bits per heavy atom. The second-order valence-electron chi connectivity index (χ2n) is 9.18. The molecule has 3 heterocycles. The number of amides is 2. The molecule has 0 bridgehead atoms. The number of nitrogens with one attached hydrogen (secondary N) is 1. The highest BCUT2D eigenvalue weighted by Crippen LogP contribution is 2.41. The number of hydrogen-bond acceptors (Lipinski definition) is 5. The first-order chi connectivity index (χ1) is 15.4. The Hall–Kier alpha value is -3.06. The van der Waals surface area contributed by atoms with Crippen LogP contribution in [0.5, 0.6) is 11.5 Å². The summed E-state index contributed by atoms with van der Waals surface area (Å²) < 4.78 is 11.4. The van der Waals surface area contributed by atoms with E-state index in [-0.39, 0.29) is 23.9 Å². The Kier molecular flexibility index (Phi) is 5.08. The highest BCUT2D eigenvalue weighted by molar-refractivity contribution is 6.15. The number of hydrogen-bond donors (Lipinski definition) is 1. The van der Waals surface area contributed by atoms with Gasteiger partial charge >= 0.3 is 0 Å². The van der Waals surface area contributed by atoms with Crippen molar-refractivity contribution in [1.82, 2.24) is 4.90 Å². The van der Waals surface area contributed by atoms with Crippen LogP contribution in [0, 0.1) is 0 Å². The first-order valence-electron chi connectivity index (χ1n) is 11.3. The van der Waals surface area contributed by atoms with Crippen molar-refractivity contribution in [3.63, 3.8) is 0 Å². The van der Waals surface area contributed by atoms with E-state index in [0.717, 1.165) is 42.1 Å². The molecule has 2 aromatic rings. The summed E-state index contributed by atoms with van der Waals surface area (Å²) in [6, 6.07) is 13.3. The molecule has 0 unspecified atom stereocenters. The van der Waals surface area contributed by atoms with E-state index >= 15 is 0 Å². The molecular formula is C25H29N3O4. The van der Waals surface area contributed by atoms with Gasteiger partial charge in [-0.3, -0.25) is 19.4 Å². The van der Waals surface area contributed by atoms with Crippen LogP contribution in [-0.4, -0.2) is 48.1 Å². The minimum absolute atomic E-state index is 0.0678. The van der Waals surface area contributed by atoms with Gasteiger partial charge in [-0.1, -0.05) is 18.2 Å². The van der Waals surface area contributed by atoms with Crippen LogP contribution in [0.4, 0.5) is 11.4 Å². The Morgan fingerprint density at radius 3 is 2.69 bits per heavy atom. The number of rotatable bonds is 3. The van der Waals surface area contributed by atoms with Crippen LogP contribution < -0.4 is 19.7 Å². The summed E-state index contributed by atoms with van der Waals surface area (Å²) in [5.74, 6) is 1.29. The molecule has 7 heteroatoms. The van der Waals surface area contributed by atoms with Crippen LogP contribution in [0.25, 0.3) is 0 Å². The normalized spacial score (nSPS) is 22.8. The van der Waals surface area contributed by atoms with Crippen molar-refractivity contribution in [2.24, 2.45) is 0 Å². The van der Waals surface area contributed by atoms with Crippen LogP contribution in [0.15, 0.2) is 42.5 Å². The number of nitrogens with zero attached hydrogens (tertiary/aromatic N) is 2.